The highest BCUT2D eigenvalue weighted by Crippen LogP contribution is 2.53. The van der Waals surface area contributed by atoms with E-state index in [4.69, 9.17) is 0 Å². The van der Waals surface area contributed by atoms with Crippen molar-refractivity contribution >= 4 is 0 Å². The quantitative estimate of drug-likeness (QED) is 0.617. The lowest BCUT2D eigenvalue weighted by atomic mass is 9.74. The van der Waals surface area contributed by atoms with Crippen LogP contribution in [0.2, 0.25) is 0 Å². The van der Waals surface area contributed by atoms with Crippen LogP contribution in [0.25, 0.3) is 0 Å². The van der Waals surface area contributed by atoms with Gasteiger partial charge in [-0.05, 0) is 41.5 Å². The van der Waals surface area contributed by atoms with E-state index in [9.17, 15) is 4.39 Å². The van der Waals surface area contributed by atoms with Gasteiger partial charge in [-0.25, -0.2) is 4.39 Å². The Morgan fingerprint density at radius 1 is 1.24 bits per heavy atom. The molecule has 1 aromatic carbocycles. The average Bonchev–Trinajstić information content (AvgIpc) is 2.47. The number of halogens is 1. The Bertz CT molecular complexity index is 534. The Morgan fingerprint density at radius 2 is 2.00 bits per heavy atom. The van der Waals surface area contributed by atoms with Crippen molar-refractivity contribution in [3.8, 4) is 0 Å². The van der Waals surface area contributed by atoms with Gasteiger partial charge in [0.05, 0.1) is 0 Å². The topological polar surface area (TPSA) is 0 Å². The zero-order valence-electron chi connectivity index (χ0n) is 10.5. The zero-order valence-corrected chi connectivity index (χ0v) is 10.5. The lowest BCUT2D eigenvalue weighted by Gasteiger charge is -2.29. The average molecular weight is 228 g/mol. The Morgan fingerprint density at radius 3 is 2.76 bits per heavy atom. The molecule has 0 spiro atoms. The number of hydrogen-bond acceptors (Lipinski definition) is 0. The second-order valence-corrected chi connectivity index (χ2v) is 5.77. The maximum absolute atomic E-state index is 13.4. The van der Waals surface area contributed by atoms with Crippen molar-refractivity contribution in [2.24, 2.45) is 5.92 Å². The molecule has 17 heavy (non-hydrogen) atoms. The first kappa shape index (κ1) is 10.8. The Balaban J connectivity index is 2.22. The normalized spacial score (nSPS) is 28.6. The molecule has 1 aromatic rings. The van der Waals surface area contributed by atoms with Gasteiger partial charge in [0.1, 0.15) is 5.83 Å². The monoisotopic (exact) mass is 228 g/mol. The largest absolute Gasteiger partial charge is 0.207 e. The summed E-state index contributed by atoms with van der Waals surface area (Å²) in [6.45, 7) is 6.61. The van der Waals surface area contributed by atoms with Crippen LogP contribution in [0.4, 0.5) is 4.39 Å². The summed E-state index contributed by atoms with van der Waals surface area (Å²) in [5.41, 5.74) is 4.03. The van der Waals surface area contributed by atoms with Gasteiger partial charge in [0.15, 0.2) is 0 Å². The van der Waals surface area contributed by atoms with Crippen LogP contribution < -0.4 is 0 Å². The van der Waals surface area contributed by atoms with Gasteiger partial charge in [0.2, 0.25) is 0 Å². The van der Waals surface area contributed by atoms with Crippen molar-refractivity contribution in [2.45, 2.75) is 32.1 Å². The molecule has 0 heterocycles. The maximum atomic E-state index is 13.4. The molecule has 2 atom stereocenters. The van der Waals surface area contributed by atoms with Crippen LogP contribution in [0.5, 0.6) is 0 Å². The zero-order chi connectivity index (χ0) is 12.2. The number of allylic oxidation sites excluding steroid dienone is 4. The molecule has 2 aliphatic carbocycles. The van der Waals surface area contributed by atoms with Crippen LogP contribution in [-0.4, -0.2) is 0 Å². The van der Waals surface area contributed by atoms with E-state index in [2.05, 4.69) is 39.0 Å². The summed E-state index contributed by atoms with van der Waals surface area (Å²) >= 11 is 0. The fraction of sp³-hybridized carbons (Fsp3) is 0.375. The second-order valence-electron chi connectivity index (χ2n) is 5.77. The van der Waals surface area contributed by atoms with E-state index in [-0.39, 0.29) is 17.2 Å². The van der Waals surface area contributed by atoms with Crippen LogP contribution in [0.1, 0.15) is 36.5 Å². The number of rotatable bonds is 0. The van der Waals surface area contributed by atoms with E-state index in [1.807, 2.05) is 6.08 Å². The molecule has 3 rings (SSSR count). The van der Waals surface area contributed by atoms with Crippen LogP contribution in [0.3, 0.4) is 0 Å². The summed E-state index contributed by atoms with van der Waals surface area (Å²) in [7, 11) is 0. The van der Waals surface area contributed by atoms with E-state index < -0.39 is 0 Å². The van der Waals surface area contributed by atoms with Gasteiger partial charge in [-0.1, -0.05) is 43.7 Å². The molecule has 0 fully saturated rings. The fourth-order valence-corrected chi connectivity index (χ4v) is 3.34. The van der Waals surface area contributed by atoms with Gasteiger partial charge in [-0.15, -0.1) is 0 Å². The molecule has 0 aliphatic heterocycles. The SMILES string of the molecule is Cc1ccc2c(c1)C1C=C(F)C=CC1C2(C)C. The first-order valence-corrected chi connectivity index (χ1v) is 6.17. The third-order valence-electron chi connectivity index (χ3n) is 4.28. The van der Waals surface area contributed by atoms with Gasteiger partial charge in [0.25, 0.3) is 0 Å². The molecule has 0 saturated carbocycles. The third-order valence-corrected chi connectivity index (χ3v) is 4.28. The van der Waals surface area contributed by atoms with Crippen LogP contribution >= 0.6 is 0 Å². The number of fused-ring (bicyclic) bond motifs is 3. The molecule has 0 radical (unpaired) electrons. The Hall–Kier alpha value is -1.37. The van der Waals surface area contributed by atoms with Gasteiger partial charge in [-0.2, -0.15) is 0 Å². The van der Waals surface area contributed by atoms with E-state index >= 15 is 0 Å². The molecule has 0 bridgehead atoms. The molecule has 0 amide bonds. The van der Waals surface area contributed by atoms with Crippen molar-refractivity contribution < 1.29 is 4.39 Å². The van der Waals surface area contributed by atoms with E-state index in [1.54, 1.807) is 12.2 Å². The van der Waals surface area contributed by atoms with E-state index in [0.29, 0.717) is 5.92 Å². The molecule has 0 nitrogen and oxygen atoms in total. The van der Waals surface area contributed by atoms with Crippen molar-refractivity contribution in [3.63, 3.8) is 0 Å². The maximum Gasteiger partial charge on any atom is 0.119 e. The Kier molecular flexibility index (Phi) is 2.10. The van der Waals surface area contributed by atoms with Crippen LogP contribution in [0.15, 0.2) is 42.3 Å². The highest BCUT2D eigenvalue weighted by Gasteiger charge is 2.44. The first-order valence-electron chi connectivity index (χ1n) is 6.17. The third kappa shape index (κ3) is 1.41. The lowest BCUT2D eigenvalue weighted by molar-refractivity contribution is 0.389. The fourth-order valence-electron chi connectivity index (χ4n) is 3.34. The highest BCUT2D eigenvalue weighted by atomic mass is 19.1. The van der Waals surface area contributed by atoms with Crippen molar-refractivity contribution in [2.75, 3.05) is 0 Å². The number of aryl methyl sites for hydroxylation is 1. The molecule has 0 aromatic heterocycles. The minimum Gasteiger partial charge on any atom is -0.207 e. The summed E-state index contributed by atoms with van der Waals surface area (Å²) in [6.07, 6.45) is 5.43. The molecule has 2 aliphatic rings. The van der Waals surface area contributed by atoms with Gasteiger partial charge >= 0.3 is 0 Å². The number of benzene rings is 1. The summed E-state index contributed by atoms with van der Waals surface area (Å²) in [6, 6.07) is 6.58. The van der Waals surface area contributed by atoms with Crippen molar-refractivity contribution in [1.29, 1.82) is 0 Å². The molecule has 0 N–H and O–H groups in total. The summed E-state index contributed by atoms with van der Waals surface area (Å²) in [5.74, 6) is 0.500. The van der Waals surface area contributed by atoms with Crippen LogP contribution in [-0.2, 0) is 5.41 Å². The Labute approximate surface area is 102 Å². The van der Waals surface area contributed by atoms with Gasteiger partial charge in [0, 0.05) is 5.92 Å². The molecule has 2 unspecified atom stereocenters. The molecule has 88 valence electrons. The standard InChI is InChI=1S/C16H17F/c1-10-4-6-14-12(8-10)13-9-11(17)5-7-15(13)16(14,2)3/h4-9,13,15H,1-3H3. The van der Waals surface area contributed by atoms with E-state index in [1.165, 1.54) is 16.7 Å². The first-order chi connectivity index (χ1) is 8.00. The van der Waals surface area contributed by atoms with Gasteiger partial charge in [-0.3, -0.25) is 0 Å². The number of hydrogen-bond donors (Lipinski definition) is 0. The highest BCUT2D eigenvalue weighted by molar-refractivity contribution is 5.50. The lowest BCUT2D eigenvalue weighted by Crippen LogP contribution is -2.24. The molecule has 0 saturated heterocycles. The smallest absolute Gasteiger partial charge is 0.119 e. The van der Waals surface area contributed by atoms with Gasteiger partial charge < -0.3 is 0 Å². The van der Waals surface area contributed by atoms with E-state index in [0.717, 1.165) is 0 Å². The predicted molar refractivity (Wildman–Crippen MR) is 68.8 cm³/mol. The van der Waals surface area contributed by atoms with Crippen LogP contribution in [0, 0.1) is 12.8 Å². The predicted octanol–water partition coefficient (Wildman–Crippen LogP) is 4.41. The summed E-state index contributed by atoms with van der Waals surface area (Å²) in [5, 5.41) is 0. The second kappa shape index (κ2) is 3.32. The molecular formula is C16H17F. The summed E-state index contributed by atoms with van der Waals surface area (Å²) < 4.78 is 13.4. The molecular weight excluding hydrogens is 211 g/mol. The summed E-state index contributed by atoms with van der Waals surface area (Å²) in [4.78, 5) is 0. The minimum absolute atomic E-state index is 0.0986. The van der Waals surface area contributed by atoms with Crippen molar-refractivity contribution in [1.82, 2.24) is 0 Å². The minimum atomic E-state index is -0.101. The molecule has 1 heteroatoms. The van der Waals surface area contributed by atoms with Crippen molar-refractivity contribution in [3.05, 3.63) is 58.9 Å².